The number of rotatable bonds is 8. The highest BCUT2D eigenvalue weighted by Gasteiger charge is 2.03. The van der Waals surface area contributed by atoms with Crippen LogP contribution in [0.25, 0.3) is 0 Å². The fourth-order valence-electron chi connectivity index (χ4n) is 1.50. The van der Waals surface area contributed by atoms with Gasteiger partial charge in [0.1, 0.15) is 0 Å². The predicted molar refractivity (Wildman–Crippen MR) is 82.9 cm³/mol. The van der Waals surface area contributed by atoms with Crippen LogP contribution in [0.2, 0.25) is 5.02 Å². The molecule has 19 heavy (non-hydrogen) atoms. The molecule has 0 radical (unpaired) electrons. The van der Waals surface area contributed by atoms with E-state index in [0.29, 0.717) is 6.42 Å². The lowest BCUT2D eigenvalue weighted by atomic mass is 10.2. The molecule has 0 atom stereocenters. The van der Waals surface area contributed by atoms with E-state index in [-0.39, 0.29) is 5.91 Å². The zero-order chi connectivity index (χ0) is 14.1. The van der Waals surface area contributed by atoms with Gasteiger partial charge in [0.15, 0.2) is 0 Å². The number of nitrogens with one attached hydrogen (secondary N) is 2. The van der Waals surface area contributed by atoms with E-state index in [2.05, 4.69) is 19.4 Å². The van der Waals surface area contributed by atoms with Crippen LogP contribution in [-0.4, -0.2) is 38.8 Å². The highest BCUT2D eigenvalue weighted by atomic mass is 35.5. The lowest BCUT2D eigenvalue weighted by Gasteiger charge is -2.08. The Kier molecular flexibility index (Phi) is 7.94. The first-order valence-electron chi connectivity index (χ1n) is 6.46. The highest BCUT2D eigenvalue weighted by molar-refractivity contribution is 7.98. The highest BCUT2D eigenvalue weighted by Crippen LogP contribution is 2.20. The van der Waals surface area contributed by atoms with E-state index in [9.17, 15) is 4.79 Å². The second kappa shape index (κ2) is 9.23. The smallest absolute Gasteiger partial charge is 0.221 e. The molecule has 0 aliphatic heterocycles. The zero-order valence-electron chi connectivity index (χ0n) is 11.5. The summed E-state index contributed by atoms with van der Waals surface area (Å²) in [5.41, 5.74) is 1.13. The first-order chi connectivity index (χ1) is 9.09. The lowest BCUT2D eigenvalue weighted by Crippen LogP contribution is -3.06. The van der Waals surface area contributed by atoms with Crippen LogP contribution >= 0.6 is 23.4 Å². The third-order valence-corrected chi connectivity index (χ3v) is 4.01. The quantitative estimate of drug-likeness (QED) is 0.708. The minimum absolute atomic E-state index is 0.132. The second-order valence-electron chi connectivity index (χ2n) is 4.70. The van der Waals surface area contributed by atoms with Crippen LogP contribution in [0.1, 0.15) is 12.0 Å². The summed E-state index contributed by atoms with van der Waals surface area (Å²) >= 11 is 7.81. The van der Waals surface area contributed by atoms with Gasteiger partial charge in [0.2, 0.25) is 5.91 Å². The third kappa shape index (κ3) is 7.45. The van der Waals surface area contributed by atoms with Crippen molar-refractivity contribution in [3.05, 3.63) is 34.9 Å². The zero-order valence-corrected chi connectivity index (χ0v) is 13.1. The van der Waals surface area contributed by atoms with Crippen LogP contribution < -0.4 is 10.2 Å². The number of carbonyl (C=O) groups is 1. The van der Waals surface area contributed by atoms with E-state index in [4.69, 9.17) is 11.6 Å². The number of quaternary nitrogens is 1. The SMILES string of the molecule is C[NH+](C)CCNC(=O)CCSCc1ccccc1Cl. The second-order valence-corrected chi connectivity index (χ2v) is 6.21. The molecule has 3 nitrogen and oxygen atoms in total. The molecule has 0 aromatic heterocycles. The average Bonchev–Trinajstić information content (AvgIpc) is 2.36. The van der Waals surface area contributed by atoms with E-state index in [1.807, 2.05) is 24.3 Å². The molecule has 0 saturated heterocycles. The van der Waals surface area contributed by atoms with Crippen molar-refractivity contribution in [1.29, 1.82) is 0 Å². The summed E-state index contributed by atoms with van der Waals surface area (Å²) in [5.74, 6) is 1.81. The molecule has 0 aliphatic rings. The minimum atomic E-state index is 0.132. The molecule has 0 saturated carbocycles. The molecule has 0 heterocycles. The normalized spacial score (nSPS) is 10.7. The molecule has 1 amide bonds. The van der Waals surface area contributed by atoms with Crippen molar-refractivity contribution >= 4 is 29.3 Å². The number of hydrogen-bond acceptors (Lipinski definition) is 2. The van der Waals surface area contributed by atoms with Gasteiger partial charge in [-0.1, -0.05) is 29.8 Å². The minimum Gasteiger partial charge on any atom is -0.350 e. The van der Waals surface area contributed by atoms with Crippen LogP contribution in [0, 0.1) is 0 Å². The Hall–Kier alpha value is -0.710. The van der Waals surface area contributed by atoms with Crippen LogP contribution in [0.15, 0.2) is 24.3 Å². The summed E-state index contributed by atoms with van der Waals surface area (Å²) < 4.78 is 0. The van der Waals surface area contributed by atoms with Gasteiger partial charge in [-0.15, -0.1) is 0 Å². The van der Waals surface area contributed by atoms with E-state index >= 15 is 0 Å². The monoisotopic (exact) mass is 301 g/mol. The topological polar surface area (TPSA) is 33.5 Å². The summed E-state index contributed by atoms with van der Waals surface area (Å²) in [7, 11) is 4.15. The molecule has 106 valence electrons. The van der Waals surface area contributed by atoms with E-state index in [1.54, 1.807) is 11.8 Å². The Bertz CT molecular complexity index is 399. The molecular formula is C14H22ClN2OS+. The number of likely N-dealkylation sites (N-methyl/N-ethyl adjacent to an activating group) is 1. The number of thioether (sulfide) groups is 1. The first-order valence-corrected chi connectivity index (χ1v) is 7.99. The molecule has 0 aliphatic carbocycles. The Balaban J connectivity index is 2.10. The van der Waals surface area contributed by atoms with Crippen molar-refractivity contribution in [1.82, 2.24) is 5.32 Å². The standard InChI is InChI=1S/C14H21ClN2OS/c1-17(2)9-8-16-14(18)7-10-19-11-12-5-3-4-6-13(12)15/h3-6H,7-11H2,1-2H3,(H,16,18)/p+1. The van der Waals surface area contributed by atoms with Gasteiger partial charge in [0, 0.05) is 22.9 Å². The number of amides is 1. The molecule has 0 bridgehead atoms. The van der Waals surface area contributed by atoms with Gasteiger partial charge in [-0.25, -0.2) is 0 Å². The van der Waals surface area contributed by atoms with Gasteiger partial charge in [-0.3, -0.25) is 4.79 Å². The molecule has 1 aromatic carbocycles. The summed E-state index contributed by atoms with van der Waals surface area (Å²) in [6.07, 6.45) is 0.567. The molecule has 1 aromatic rings. The molecule has 2 N–H and O–H groups in total. The first kappa shape index (κ1) is 16.3. The molecule has 0 unspecified atom stereocenters. The molecule has 1 rings (SSSR count). The van der Waals surface area contributed by atoms with Gasteiger partial charge in [0.25, 0.3) is 0 Å². The van der Waals surface area contributed by atoms with Crippen molar-refractivity contribution in [2.75, 3.05) is 32.9 Å². The van der Waals surface area contributed by atoms with Crippen molar-refractivity contribution in [2.45, 2.75) is 12.2 Å². The fourth-order valence-corrected chi connectivity index (χ4v) is 2.73. The van der Waals surface area contributed by atoms with Gasteiger partial charge < -0.3 is 10.2 Å². The van der Waals surface area contributed by atoms with Gasteiger partial charge in [-0.2, -0.15) is 11.8 Å². The maximum Gasteiger partial charge on any atom is 0.221 e. The lowest BCUT2D eigenvalue weighted by molar-refractivity contribution is -0.856. The predicted octanol–water partition coefficient (Wildman–Crippen LogP) is 1.22. The summed E-state index contributed by atoms with van der Waals surface area (Å²) in [6, 6.07) is 7.83. The Morgan fingerprint density at radius 2 is 2.11 bits per heavy atom. The molecular weight excluding hydrogens is 280 g/mol. The molecule has 0 spiro atoms. The van der Waals surface area contributed by atoms with Gasteiger partial charge >= 0.3 is 0 Å². The maximum absolute atomic E-state index is 11.5. The van der Waals surface area contributed by atoms with Crippen LogP contribution in [0.5, 0.6) is 0 Å². The van der Waals surface area contributed by atoms with Crippen LogP contribution in [0.4, 0.5) is 0 Å². The fraction of sp³-hybridized carbons (Fsp3) is 0.500. The summed E-state index contributed by atoms with van der Waals surface area (Å²) in [4.78, 5) is 12.9. The molecule has 0 fully saturated rings. The number of benzene rings is 1. The Morgan fingerprint density at radius 3 is 2.79 bits per heavy atom. The van der Waals surface area contributed by atoms with Crippen LogP contribution in [-0.2, 0) is 10.5 Å². The van der Waals surface area contributed by atoms with Crippen LogP contribution in [0.3, 0.4) is 0 Å². The summed E-state index contributed by atoms with van der Waals surface area (Å²) in [5, 5.41) is 3.72. The maximum atomic E-state index is 11.5. The Morgan fingerprint density at radius 1 is 1.37 bits per heavy atom. The van der Waals surface area contributed by atoms with Crippen molar-refractivity contribution in [3.8, 4) is 0 Å². The average molecular weight is 302 g/mol. The van der Waals surface area contributed by atoms with E-state index < -0.39 is 0 Å². The third-order valence-electron chi connectivity index (χ3n) is 2.64. The number of carbonyl (C=O) groups excluding carboxylic acids is 1. The largest absolute Gasteiger partial charge is 0.350 e. The van der Waals surface area contributed by atoms with E-state index in [0.717, 1.165) is 35.2 Å². The van der Waals surface area contributed by atoms with E-state index in [1.165, 1.54) is 4.90 Å². The summed E-state index contributed by atoms with van der Waals surface area (Å²) in [6.45, 7) is 1.70. The number of hydrogen-bond donors (Lipinski definition) is 2. The van der Waals surface area contributed by atoms with Gasteiger partial charge in [-0.05, 0) is 11.6 Å². The van der Waals surface area contributed by atoms with Crippen molar-refractivity contribution < 1.29 is 9.69 Å². The van der Waals surface area contributed by atoms with Crippen molar-refractivity contribution in [2.24, 2.45) is 0 Å². The van der Waals surface area contributed by atoms with Gasteiger partial charge in [0.05, 0.1) is 27.2 Å². The molecule has 5 heteroatoms. The number of halogens is 1. The Labute approximate surface area is 124 Å². The van der Waals surface area contributed by atoms with Crippen molar-refractivity contribution in [3.63, 3.8) is 0 Å².